The van der Waals surface area contributed by atoms with Crippen LogP contribution in [0.15, 0.2) is 71.1 Å². The first-order chi connectivity index (χ1) is 15.5. The lowest BCUT2D eigenvalue weighted by atomic mass is 10.1. The van der Waals surface area contributed by atoms with Crippen molar-refractivity contribution in [3.63, 3.8) is 0 Å². The lowest BCUT2D eigenvalue weighted by Gasteiger charge is -2.17. The Morgan fingerprint density at radius 3 is 2.56 bits per heavy atom. The minimum Gasteiger partial charge on any atom is -0.341 e. The summed E-state index contributed by atoms with van der Waals surface area (Å²) >= 11 is 1.31. The molecule has 0 spiro atoms. The number of carbonyl (C=O) groups excluding carboxylic acids is 1. The van der Waals surface area contributed by atoms with Gasteiger partial charge in [0, 0.05) is 20.1 Å². The highest BCUT2D eigenvalue weighted by molar-refractivity contribution is 7.99. The molecular weight excluding hydrogens is 422 g/mol. The molecule has 1 amide bonds. The van der Waals surface area contributed by atoms with E-state index in [0.717, 1.165) is 17.5 Å². The fraction of sp³-hybridized carbons (Fsp3) is 0.250. The van der Waals surface area contributed by atoms with E-state index >= 15 is 0 Å². The van der Waals surface area contributed by atoms with E-state index in [2.05, 4.69) is 48.0 Å². The summed E-state index contributed by atoms with van der Waals surface area (Å²) in [7, 11) is 1.80. The monoisotopic (exact) mass is 447 g/mol. The van der Waals surface area contributed by atoms with Crippen LogP contribution in [0.3, 0.4) is 0 Å². The summed E-state index contributed by atoms with van der Waals surface area (Å²) in [5.74, 6) is 0.655. The maximum atomic E-state index is 12.9. The number of allylic oxidation sites excluding steroid dienone is 1. The van der Waals surface area contributed by atoms with Gasteiger partial charge < -0.3 is 4.90 Å². The van der Waals surface area contributed by atoms with Gasteiger partial charge in [-0.15, -0.1) is 16.8 Å². The molecular formula is C24H25N5O2S. The molecule has 0 unspecified atom stereocenters. The number of amides is 1. The van der Waals surface area contributed by atoms with Crippen LogP contribution in [0.25, 0.3) is 16.7 Å². The molecule has 2 heterocycles. The molecule has 0 aliphatic rings. The maximum Gasteiger partial charge on any atom is 0.263 e. The average molecular weight is 448 g/mol. The summed E-state index contributed by atoms with van der Waals surface area (Å²) in [6, 6.07) is 15.7. The highest BCUT2D eigenvalue weighted by Gasteiger charge is 2.18. The van der Waals surface area contributed by atoms with Crippen LogP contribution in [-0.2, 0) is 24.3 Å². The molecule has 0 bridgehead atoms. The van der Waals surface area contributed by atoms with Crippen molar-refractivity contribution in [2.45, 2.75) is 31.6 Å². The lowest BCUT2D eigenvalue weighted by molar-refractivity contribution is -0.127. The minimum atomic E-state index is -0.137. The molecule has 32 heavy (non-hydrogen) atoms. The Bertz CT molecular complexity index is 1340. The smallest absolute Gasteiger partial charge is 0.263 e. The number of hydrogen-bond donors (Lipinski definition) is 0. The highest BCUT2D eigenvalue weighted by Crippen LogP contribution is 2.22. The van der Waals surface area contributed by atoms with Gasteiger partial charge in [0.15, 0.2) is 5.16 Å². The Morgan fingerprint density at radius 2 is 1.84 bits per heavy atom. The molecule has 0 aliphatic heterocycles. The van der Waals surface area contributed by atoms with Crippen LogP contribution < -0.4 is 5.56 Å². The standard InChI is InChI=1S/C24H25N5O2S/c1-4-14-28-22(31)19-8-6-7-9-20(19)29-23(28)25-26-24(29)32-16-21(30)27(3)15-18-12-10-17(5-2)11-13-18/h4,6-13H,1,5,14-16H2,2-3H3. The van der Waals surface area contributed by atoms with Crippen molar-refractivity contribution in [1.29, 1.82) is 0 Å². The van der Waals surface area contributed by atoms with Crippen molar-refractivity contribution in [2.24, 2.45) is 0 Å². The van der Waals surface area contributed by atoms with Crippen molar-refractivity contribution >= 4 is 34.3 Å². The van der Waals surface area contributed by atoms with E-state index in [1.807, 2.05) is 22.6 Å². The molecule has 4 rings (SSSR count). The number of hydrogen-bond acceptors (Lipinski definition) is 5. The quantitative estimate of drug-likeness (QED) is 0.305. The van der Waals surface area contributed by atoms with Crippen LogP contribution in [0.2, 0.25) is 0 Å². The van der Waals surface area contributed by atoms with Crippen molar-refractivity contribution in [3.8, 4) is 0 Å². The van der Waals surface area contributed by atoms with Gasteiger partial charge in [-0.3, -0.25) is 18.6 Å². The first kappa shape index (κ1) is 21.8. The second-order valence-electron chi connectivity index (χ2n) is 7.55. The molecule has 164 valence electrons. The molecule has 4 aromatic rings. The van der Waals surface area contributed by atoms with Gasteiger partial charge in [0.05, 0.1) is 16.7 Å². The van der Waals surface area contributed by atoms with E-state index in [-0.39, 0.29) is 17.2 Å². The summed E-state index contributed by atoms with van der Waals surface area (Å²) in [6.45, 7) is 6.74. The summed E-state index contributed by atoms with van der Waals surface area (Å²) in [4.78, 5) is 27.4. The van der Waals surface area contributed by atoms with Gasteiger partial charge >= 0.3 is 0 Å². The van der Waals surface area contributed by atoms with Gasteiger partial charge in [-0.1, -0.05) is 61.2 Å². The summed E-state index contributed by atoms with van der Waals surface area (Å²) in [5, 5.41) is 9.66. The van der Waals surface area contributed by atoms with Gasteiger partial charge in [0.2, 0.25) is 11.7 Å². The molecule has 0 atom stereocenters. The van der Waals surface area contributed by atoms with Crippen LogP contribution in [0.4, 0.5) is 0 Å². The molecule has 0 radical (unpaired) electrons. The first-order valence-corrected chi connectivity index (χ1v) is 11.4. The second kappa shape index (κ2) is 9.40. The van der Waals surface area contributed by atoms with Crippen LogP contribution in [-0.4, -0.2) is 42.8 Å². The number of aromatic nitrogens is 4. The van der Waals surface area contributed by atoms with Crippen LogP contribution in [0.1, 0.15) is 18.1 Å². The maximum absolute atomic E-state index is 12.9. The molecule has 0 aliphatic carbocycles. The number of rotatable bonds is 8. The van der Waals surface area contributed by atoms with E-state index in [4.69, 9.17) is 0 Å². The normalized spacial score (nSPS) is 11.2. The predicted molar refractivity (Wildman–Crippen MR) is 128 cm³/mol. The Kier molecular flexibility index (Phi) is 6.41. The van der Waals surface area contributed by atoms with Crippen LogP contribution in [0.5, 0.6) is 0 Å². The fourth-order valence-electron chi connectivity index (χ4n) is 3.60. The largest absolute Gasteiger partial charge is 0.341 e. The number of carbonyl (C=O) groups is 1. The predicted octanol–water partition coefficient (Wildman–Crippen LogP) is 3.54. The first-order valence-electron chi connectivity index (χ1n) is 10.5. The summed E-state index contributed by atoms with van der Waals surface area (Å²) in [5.41, 5.74) is 2.95. The highest BCUT2D eigenvalue weighted by atomic mass is 32.2. The van der Waals surface area contributed by atoms with Gasteiger partial charge in [0.25, 0.3) is 5.56 Å². The van der Waals surface area contributed by atoms with E-state index in [9.17, 15) is 9.59 Å². The average Bonchev–Trinajstić information content (AvgIpc) is 3.24. The third-order valence-corrected chi connectivity index (χ3v) is 6.31. The Morgan fingerprint density at radius 1 is 1.12 bits per heavy atom. The molecule has 0 fully saturated rings. The summed E-state index contributed by atoms with van der Waals surface area (Å²) in [6.07, 6.45) is 2.65. The summed E-state index contributed by atoms with van der Waals surface area (Å²) < 4.78 is 3.38. The Labute approximate surface area is 190 Å². The molecule has 8 heteroatoms. The van der Waals surface area contributed by atoms with Crippen molar-refractivity contribution in [3.05, 3.63) is 82.7 Å². The number of fused-ring (bicyclic) bond motifs is 3. The lowest BCUT2D eigenvalue weighted by Crippen LogP contribution is -2.28. The molecule has 2 aromatic carbocycles. The Hall–Kier alpha value is -3.39. The zero-order chi connectivity index (χ0) is 22.7. The molecule has 2 aromatic heterocycles. The SMILES string of the molecule is C=CCn1c(=O)c2ccccc2n2c(SCC(=O)N(C)Cc3ccc(CC)cc3)nnc12. The molecule has 0 saturated carbocycles. The second-order valence-corrected chi connectivity index (χ2v) is 8.49. The van der Waals surface area contributed by atoms with Crippen molar-refractivity contribution < 1.29 is 4.79 Å². The fourth-order valence-corrected chi connectivity index (χ4v) is 4.48. The molecule has 0 N–H and O–H groups in total. The third-order valence-electron chi connectivity index (χ3n) is 5.39. The Balaban J connectivity index is 1.57. The zero-order valence-electron chi connectivity index (χ0n) is 18.2. The van der Waals surface area contributed by atoms with E-state index in [0.29, 0.717) is 29.4 Å². The third kappa shape index (κ3) is 4.18. The van der Waals surface area contributed by atoms with E-state index in [1.165, 1.54) is 17.3 Å². The van der Waals surface area contributed by atoms with Crippen LogP contribution in [0, 0.1) is 0 Å². The molecule has 0 saturated heterocycles. The topological polar surface area (TPSA) is 72.5 Å². The molecule has 7 nitrogen and oxygen atoms in total. The minimum absolute atomic E-state index is 0.00460. The van der Waals surface area contributed by atoms with Gasteiger partial charge in [-0.05, 0) is 29.7 Å². The van der Waals surface area contributed by atoms with Gasteiger partial charge in [-0.2, -0.15) is 0 Å². The van der Waals surface area contributed by atoms with Crippen molar-refractivity contribution in [2.75, 3.05) is 12.8 Å². The number of nitrogens with zero attached hydrogens (tertiary/aromatic N) is 5. The number of thioether (sulfide) groups is 1. The van der Waals surface area contributed by atoms with E-state index < -0.39 is 0 Å². The van der Waals surface area contributed by atoms with E-state index in [1.54, 1.807) is 28.7 Å². The van der Waals surface area contributed by atoms with Crippen molar-refractivity contribution in [1.82, 2.24) is 24.1 Å². The van der Waals surface area contributed by atoms with Gasteiger partial charge in [-0.25, -0.2) is 0 Å². The van der Waals surface area contributed by atoms with Crippen LogP contribution >= 0.6 is 11.8 Å². The number of para-hydroxylation sites is 1. The zero-order valence-corrected chi connectivity index (χ0v) is 19.0. The number of benzene rings is 2. The number of aryl methyl sites for hydroxylation is 1. The van der Waals surface area contributed by atoms with Gasteiger partial charge in [0.1, 0.15) is 0 Å².